The Bertz CT molecular complexity index is 1430. The van der Waals surface area contributed by atoms with Crippen LogP contribution in [0.5, 0.6) is 11.5 Å². The molecule has 0 bridgehead atoms. The number of benzene rings is 2. The zero-order chi connectivity index (χ0) is 26.6. The van der Waals surface area contributed by atoms with E-state index in [9.17, 15) is 9.90 Å². The zero-order valence-corrected chi connectivity index (χ0v) is 22.2. The number of carboxylic acid groups (broad SMARTS) is 1. The first-order valence-corrected chi connectivity index (χ1v) is 13.2. The minimum Gasteiger partial charge on any atom is -0.496 e. The van der Waals surface area contributed by atoms with Gasteiger partial charge in [0.1, 0.15) is 17.5 Å². The number of carbonyl (C=O) groups is 1. The standard InChI is InChI=1S/C29H31ClN4O4/c1-37-25-9-6-10-26(38-2)27(25)24-16-20(17-32-28(29(35)36)18-7-4-3-5-8-18)33-34(24)23-13-14-31-22-15-19(30)11-12-21(22)23/h6,9-16,18,28,32H,3-5,7-8,17H2,1-2H3,(H,35,36)/t28-/m0/s1. The number of carboxylic acids is 1. The van der Waals surface area contributed by atoms with Gasteiger partial charge in [0.2, 0.25) is 0 Å². The van der Waals surface area contributed by atoms with Crippen molar-refractivity contribution in [3.63, 3.8) is 0 Å². The molecule has 0 amide bonds. The molecule has 2 aromatic heterocycles. The van der Waals surface area contributed by atoms with E-state index < -0.39 is 12.0 Å². The molecule has 2 aromatic carbocycles. The summed E-state index contributed by atoms with van der Waals surface area (Å²) < 4.78 is 13.3. The van der Waals surface area contributed by atoms with Gasteiger partial charge in [-0.1, -0.05) is 36.9 Å². The quantitative estimate of drug-likeness (QED) is 0.276. The summed E-state index contributed by atoms with van der Waals surface area (Å²) in [5, 5.41) is 19.7. The molecule has 1 aliphatic carbocycles. The van der Waals surface area contributed by atoms with Crippen LogP contribution >= 0.6 is 11.6 Å². The number of halogens is 1. The van der Waals surface area contributed by atoms with Crippen molar-refractivity contribution in [1.29, 1.82) is 0 Å². The molecule has 8 nitrogen and oxygen atoms in total. The van der Waals surface area contributed by atoms with Gasteiger partial charge in [-0.2, -0.15) is 5.10 Å². The third-order valence-corrected chi connectivity index (χ3v) is 7.48. The highest BCUT2D eigenvalue weighted by Gasteiger charge is 2.29. The molecule has 198 valence electrons. The van der Waals surface area contributed by atoms with Crippen LogP contribution in [0.25, 0.3) is 27.8 Å². The van der Waals surface area contributed by atoms with Gasteiger partial charge in [-0.25, -0.2) is 4.68 Å². The van der Waals surface area contributed by atoms with Gasteiger partial charge in [0.15, 0.2) is 0 Å². The van der Waals surface area contributed by atoms with Gasteiger partial charge in [-0.05, 0) is 61.2 Å². The van der Waals surface area contributed by atoms with Crippen molar-refractivity contribution >= 4 is 28.5 Å². The second-order valence-corrected chi connectivity index (χ2v) is 9.99. The average molecular weight is 535 g/mol. The van der Waals surface area contributed by atoms with E-state index in [0.717, 1.165) is 53.5 Å². The van der Waals surface area contributed by atoms with E-state index in [0.29, 0.717) is 28.8 Å². The summed E-state index contributed by atoms with van der Waals surface area (Å²) in [5.41, 5.74) is 3.75. The molecule has 5 rings (SSSR count). The van der Waals surface area contributed by atoms with E-state index in [-0.39, 0.29) is 5.92 Å². The minimum absolute atomic E-state index is 0.117. The van der Waals surface area contributed by atoms with Crippen molar-refractivity contribution in [3.8, 4) is 28.4 Å². The highest BCUT2D eigenvalue weighted by molar-refractivity contribution is 6.31. The van der Waals surface area contributed by atoms with Crippen LogP contribution < -0.4 is 14.8 Å². The Morgan fingerprint density at radius 1 is 1.11 bits per heavy atom. The maximum absolute atomic E-state index is 12.1. The summed E-state index contributed by atoms with van der Waals surface area (Å²) in [6, 6.07) is 14.4. The molecule has 0 radical (unpaired) electrons. The van der Waals surface area contributed by atoms with Crippen LogP contribution in [0, 0.1) is 5.92 Å². The van der Waals surface area contributed by atoms with Gasteiger partial charge in [0.25, 0.3) is 0 Å². The number of pyridine rings is 1. The smallest absolute Gasteiger partial charge is 0.320 e. The fraction of sp³-hybridized carbons (Fsp3) is 0.345. The Labute approximate surface area is 226 Å². The van der Waals surface area contributed by atoms with E-state index in [1.165, 1.54) is 6.42 Å². The van der Waals surface area contributed by atoms with E-state index in [1.807, 2.05) is 53.2 Å². The fourth-order valence-corrected chi connectivity index (χ4v) is 5.58. The molecular formula is C29H31ClN4O4. The second-order valence-electron chi connectivity index (χ2n) is 9.56. The van der Waals surface area contributed by atoms with E-state index in [1.54, 1.807) is 20.4 Å². The van der Waals surface area contributed by atoms with Crippen molar-refractivity contribution in [2.24, 2.45) is 5.92 Å². The van der Waals surface area contributed by atoms with Crippen molar-refractivity contribution in [2.75, 3.05) is 14.2 Å². The number of rotatable bonds is 9. The first kappa shape index (κ1) is 26.0. The monoisotopic (exact) mass is 534 g/mol. The molecule has 4 aromatic rings. The number of aromatic nitrogens is 3. The van der Waals surface area contributed by atoms with Crippen LogP contribution in [0.4, 0.5) is 0 Å². The Morgan fingerprint density at radius 3 is 2.53 bits per heavy atom. The maximum atomic E-state index is 12.1. The molecule has 0 spiro atoms. The van der Waals surface area contributed by atoms with Gasteiger partial charge in [-0.15, -0.1) is 0 Å². The summed E-state index contributed by atoms with van der Waals surface area (Å²) in [6.45, 7) is 0.305. The number of methoxy groups -OCH3 is 2. The molecule has 38 heavy (non-hydrogen) atoms. The number of nitrogens with zero attached hydrogens (tertiary/aromatic N) is 3. The average Bonchev–Trinajstić information content (AvgIpc) is 3.36. The largest absolute Gasteiger partial charge is 0.496 e. The maximum Gasteiger partial charge on any atom is 0.320 e. The third-order valence-electron chi connectivity index (χ3n) is 7.24. The molecule has 1 aliphatic rings. The van der Waals surface area contributed by atoms with E-state index >= 15 is 0 Å². The molecule has 0 saturated heterocycles. The Kier molecular flexibility index (Phi) is 7.81. The fourth-order valence-electron chi connectivity index (χ4n) is 5.41. The van der Waals surface area contributed by atoms with Gasteiger partial charge in [0.05, 0.1) is 42.4 Å². The van der Waals surface area contributed by atoms with Crippen molar-refractivity contribution in [2.45, 2.75) is 44.7 Å². The topological polar surface area (TPSA) is 98.5 Å². The second kappa shape index (κ2) is 11.4. The van der Waals surface area contributed by atoms with E-state index in [2.05, 4.69) is 10.3 Å². The predicted molar refractivity (Wildman–Crippen MR) is 147 cm³/mol. The lowest BCUT2D eigenvalue weighted by molar-refractivity contribution is -0.141. The van der Waals surface area contributed by atoms with Crippen LogP contribution in [0.2, 0.25) is 5.02 Å². The third kappa shape index (κ3) is 5.19. The first-order chi connectivity index (χ1) is 18.5. The van der Waals surface area contributed by atoms with Crippen LogP contribution in [0.15, 0.2) is 54.7 Å². The summed E-state index contributed by atoms with van der Waals surface area (Å²) in [7, 11) is 3.24. The molecule has 1 atom stereocenters. The van der Waals surface area contributed by atoms with Gasteiger partial charge < -0.3 is 14.6 Å². The lowest BCUT2D eigenvalue weighted by atomic mass is 9.84. The van der Waals surface area contributed by atoms with Crippen molar-refractivity contribution < 1.29 is 19.4 Å². The number of nitrogens with one attached hydrogen (secondary N) is 1. The number of hydrogen-bond acceptors (Lipinski definition) is 6. The van der Waals surface area contributed by atoms with Crippen LogP contribution in [-0.2, 0) is 11.3 Å². The molecule has 9 heteroatoms. The summed E-state index contributed by atoms with van der Waals surface area (Å²) >= 11 is 6.24. The first-order valence-electron chi connectivity index (χ1n) is 12.8. The van der Waals surface area contributed by atoms with Crippen molar-refractivity contribution in [3.05, 3.63) is 65.4 Å². The van der Waals surface area contributed by atoms with Gasteiger partial charge in [-0.3, -0.25) is 15.1 Å². The molecule has 1 fully saturated rings. The van der Waals surface area contributed by atoms with Crippen molar-refractivity contribution in [1.82, 2.24) is 20.1 Å². The normalized spacial score (nSPS) is 14.9. The van der Waals surface area contributed by atoms with E-state index in [4.69, 9.17) is 26.2 Å². The SMILES string of the molecule is COc1cccc(OC)c1-c1cc(CN[C@H](C(=O)O)C2CCCCC2)nn1-c1ccnc2cc(Cl)ccc12. The Balaban J connectivity index is 1.61. The molecule has 0 aliphatic heterocycles. The molecule has 2 heterocycles. The Morgan fingerprint density at radius 2 is 1.84 bits per heavy atom. The zero-order valence-electron chi connectivity index (χ0n) is 21.5. The van der Waals surface area contributed by atoms with Gasteiger partial charge >= 0.3 is 5.97 Å². The number of ether oxygens (including phenoxy) is 2. The van der Waals surface area contributed by atoms with Crippen LogP contribution in [-0.4, -0.2) is 46.1 Å². The predicted octanol–water partition coefficient (Wildman–Crippen LogP) is 5.88. The van der Waals surface area contributed by atoms with Gasteiger partial charge in [0, 0.05) is 23.2 Å². The lowest BCUT2D eigenvalue weighted by Gasteiger charge is -2.27. The highest BCUT2D eigenvalue weighted by Crippen LogP contribution is 2.40. The lowest BCUT2D eigenvalue weighted by Crippen LogP contribution is -2.43. The van der Waals surface area contributed by atoms with Crippen LogP contribution in [0.1, 0.15) is 37.8 Å². The number of hydrogen-bond donors (Lipinski definition) is 2. The molecule has 1 saturated carbocycles. The minimum atomic E-state index is -0.819. The number of fused-ring (bicyclic) bond motifs is 1. The number of aliphatic carboxylic acids is 1. The molecule has 2 N–H and O–H groups in total. The summed E-state index contributed by atoms with van der Waals surface area (Å²) in [4.78, 5) is 16.6. The molecule has 0 unspecified atom stereocenters. The summed E-state index contributed by atoms with van der Waals surface area (Å²) in [6.07, 6.45) is 6.88. The van der Waals surface area contributed by atoms with Crippen LogP contribution in [0.3, 0.4) is 0 Å². The summed E-state index contributed by atoms with van der Waals surface area (Å²) in [5.74, 6) is 0.569. The Hall–Kier alpha value is -3.62. The highest BCUT2D eigenvalue weighted by atomic mass is 35.5. The molecular weight excluding hydrogens is 504 g/mol.